The van der Waals surface area contributed by atoms with E-state index in [9.17, 15) is 34.5 Å². The standard InChI is InChI=1S/C11H13FN4O8/c12-4-16(23)10(21)7(18)6(3-17)24-11(10,22)15-2-5(1-13)8(19)14-9(15)20/h2,6-7,17-18,21-23H,3-4H2,(H,14,19,20)/t6-,7-,10-,11+/m1/s1. The summed E-state index contributed by atoms with van der Waals surface area (Å²) in [5.41, 5.74) is -6.57. The van der Waals surface area contributed by atoms with Crippen molar-refractivity contribution in [1.29, 1.82) is 5.26 Å². The Bertz CT molecular complexity index is 789. The van der Waals surface area contributed by atoms with E-state index in [1.54, 1.807) is 4.98 Å². The largest absolute Gasteiger partial charge is 0.394 e. The van der Waals surface area contributed by atoms with E-state index in [-0.39, 0.29) is 4.57 Å². The van der Waals surface area contributed by atoms with Gasteiger partial charge in [-0.3, -0.25) is 9.78 Å². The molecule has 0 unspecified atom stereocenters. The predicted molar refractivity (Wildman–Crippen MR) is 68.7 cm³/mol. The van der Waals surface area contributed by atoms with E-state index in [0.717, 1.165) is 0 Å². The van der Waals surface area contributed by atoms with Crippen molar-refractivity contribution < 1.29 is 34.8 Å². The molecule has 13 heteroatoms. The Hall–Kier alpha value is -2.18. The third-order valence-electron chi connectivity index (χ3n) is 3.64. The van der Waals surface area contributed by atoms with E-state index < -0.39 is 59.1 Å². The fourth-order valence-corrected chi connectivity index (χ4v) is 2.37. The Kier molecular flexibility index (Phi) is 4.57. The lowest BCUT2D eigenvalue weighted by molar-refractivity contribution is -0.416. The lowest BCUT2D eigenvalue weighted by Gasteiger charge is -2.40. The molecule has 0 radical (unpaired) electrons. The van der Waals surface area contributed by atoms with Crippen LogP contribution in [0.4, 0.5) is 4.39 Å². The summed E-state index contributed by atoms with van der Waals surface area (Å²) in [6.07, 6.45) is -3.55. The van der Waals surface area contributed by atoms with Crippen LogP contribution >= 0.6 is 0 Å². The molecule has 1 saturated heterocycles. The molecular formula is C11H13FN4O8. The second-order valence-corrected chi connectivity index (χ2v) is 4.92. The number of halogens is 1. The van der Waals surface area contributed by atoms with Crippen LogP contribution in [0.1, 0.15) is 5.56 Å². The summed E-state index contributed by atoms with van der Waals surface area (Å²) in [6, 6.07) is 1.40. The molecule has 132 valence electrons. The summed E-state index contributed by atoms with van der Waals surface area (Å²) in [5, 5.41) is 57.9. The molecule has 0 amide bonds. The molecule has 0 saturated carbocycles. The maximum atomic E-state index is 12.8. The van der Waals surface area contributed by atoms with Crippen LogP contribution in [0.25, 0.3) is 0 Å². The maximum Gasteiger partial charge on any atom is 0.332 e. The topological polar surface area (TPSA) is 192 Å². The first-order valence-electron chi connectivity index (χ1n) is 6.37. The summed E-state index contributed by atoms with van der Waals surface area (Å²) in [4.78, 5) is 24.9. The average Bonchev–Trinajstić information content (AvgIpc) is 2.76. The second kappa shape index (κ2) is 6.03. The van der Waals surface area contributed by atoms with Gasteiger partial charge in [0.1, 0.15) is 23.8 Å². The number of aromatic nitrogens is 2. The van der Waals surface area contributed by atoms with Crippen LogP contribution in [0.5, 0.6) is 0 Å². The van der Waals surface area contributed by atoms with Crippen molar-refractivity contribution in [2.45, 2.75) is 23.8 Å². The Morgan fingerprint density at radius 2 is 2.12 bits per heavy atom. The summed E-state index contributed by atoms with van der Waals surface area (Å²) in [6.45, 7) is -2.81. The van der Waals surface area contributed by atoms with Gasteiger partial charge >= 0.3 is 11.6 Å². The Morgan fingerprint density at radius 3 is 2.62 bits per heavy atom. The number of ether oxygens (including phenoxy) is 1. The van der Waals surface area contributed by atoms with E-state index >= 15 is 0 Å². The highest BCUT2D eigenvalue weighted by molar-refractivity contribution is 5.22. The number of aliphatic hydroxyl groups is 4. The number of nitrogens with zero attached hydrogens (tertiary/aromatic N) is 3. The third-order valence-corrected chi connectivity index (χ3v) is 3.64. The molecule has 1 aromatic rings. The average molecular weight is 348 g/mol. The number of hydroxylamine groups is 2. The predicted octanol–water partition coefficient (Wildman–Crippen LogP) is -3.93. The van der Waals surface area contributed by atoms with Gasteiger partial charge in [-0.15, -0.1) is 5.06 Å². The molecule has 2 heterocycles. The fourth-order valence-electron chi connectivity index (χ4n) is 2.37. The first-order valence-corrected chi connectivity index (χ1v) is 6.37. The molecule has 4 atom stereocenters. The molecule has 6 N–H and O–H groups in total. The first-order chi connectivity index (χ1) is 11.2. The van der Waals surface area contributed by atoms with Crippen molar-refractivity contribution in [2.24, 2.45) is 0 Å². The van der Waals surface area contributed by atoms with Gasteiger partial charge in [0.2, 0.25) is 5.72 Å². The van der Waals surface area contributed by atoms with Crippen LogP contribution in [0, 0.1) is 11.3 Å². The van der Waals surface area contributed by atoms with Gasteiger partial charge in [-0.1, -0.05) is 0 Å². The molecule has 1 aliphatic heterocycles. The summed E-state index contributed by atoms with van der Waals surface area (Å²) in [7, 11) is 0. The molecule has 1 aliphatic rings. The van der Waals surface area contributed by atoms with E-state index in [0.29, 0.717) is 6.20 Å². The zero-order chi connectivity index (χ0) is 18.3. The number of rotatable bonds is 4. The van der Waals surface area contributed by atoms with Crippen molar-refractivity contribution in [2.75, 3.05) is 13.4 Å². The van der Waals surface area contributed by atoms with Crippen molar-refractivity contribution in [3.05, 3.63) is 32.6 Å². The monoisotopic (exact) mass is 348 g/mol. The first kappa shape index (κ1) is 18.2. The van der Waals surface area contributed by atoms with Crippen LogP contribution < -0.4 is 11.2 Å². The number of nitriles is 1. The smallest absolute Gasteiger partial charge is 0.332 e. The number of H-pyrrole nitrogens is 1. The van der Waals surface area contributed by atoms with Crippen LogP contribution in [-0.4, -0.2) is 71.6 Å². The van der Waals surface area contributed by atoms with Gasteiger partial charge in [-0.05, 0) is 0 Å². The number of nitrogens with one attached hydrogen (secondary N) is 1. The molecular weight excluding hydrogens is 335 g/mol. The van der Waals surface area contributed by atoms with Gasteiger partial charge in [-0.2, -0.15) is 5.26 Å². The molecule has 0 aromatic carbocycles. The highest BCUT2D eigenvalue weighted by Gasteiger charge is 2.70. The van der Waals surface area contributed by atoms with Gasteiger partial charge in [0.25, 0.3) is 5.56 Å². The Morgan fingerprint density at radius 1 is 1.50 bits per heavy atom. The second-order valence-electron chi connectivity index (χ2n) is 4.92. The molecule has 0 aliphatic carbocycles. The van der Waals surface area contributed by atoms with Crippen LogP contribution in [-0.2, 0) is 10.6 Å². The van der Waals surface area contributed by atoms with Gasteiger partial charge < -0.3 is 30.4 Å². The number of alkyl halides is 1. The van der Waals surface area contributed by atoms with E-state index in [1.165, 1.54) is 6.07 Å². The van der Waals surface area contributed by atoms with Crippen LogP contribution in [0.3, 0.4) is 0 Å². The zero-order valence-electron chi connectivity index (χ0n) is 11.8. The summed E-state index contributed by atoms with van der Waals surface area (Å²) >= 11 is 0. The summed E-state index contributed by atoms with van der Waals surface area (Å²) < 4.78 is 17.7. The SMILES string of the molecule is N#Cc1cn([C@@]2(O)O[C@H](CO)[C@@H](O)[C@]2(O)N(O)CF)c(=O)[nH]c1=O. The Labute approximate surface area is 131 Å². The minimum atomic E-state index is -3.36. The molecule has 1 fully saturated rings. The van der Waals surface area contributed by atoms with Crippen molar-refractivity contribution in [3.8, 4) is 6.07 Å². The summed E-state index contributed by atoms with van der Waals surface area (Å²) in [5.74, 6) is -3.35. The third kappa shape index (κ3) is 2.25. The van der Waals surface area contributed by atoms with Crippen molar-refractivity contribution >= 4 is 0 Å². The number of hydrogen-bond donors (Lipinski definition) is 6. The highest BCUT2D eigenvalue weighted by Crippen LogP contribution is 2.42. The minimum Gasteiger partial charge on any atom is -0.394 e. The van der Waals surface area contributed by atoms with Gasteiger partial charge in [0, 0.05) is 6.20 Å². The minimum absolute atomic E-state index is 0.0741. The van der Waals surface area contributed by atoms with E-state index in [1.807, 2.05) is 0 Å². The molecule has 1 aromatic heterocycles. The van der Waals surface area contributed by atoms with Crippen LogP contribution in [0.15, 0.2) is 15.8 Å². The molecule has 12 nitrogen and oxygen atoms in total. The van der Waals surface area contributed by atoms with Gasteiger partial charge in [-0.25, -0.2) is 13.8 Å². The quantitative estimate of drug-likeness (QED) is 0.178. The zero-order valence-corrected chi connectivity index (χ0v) is 11.8. The lowest BCUT2D eigenvalue weighted by Crippen LogP contribution is -2.68. The fraction of sp³-hybridized carbons (Fsp3) is 0.545. The molecule has 0 spiro atoms. The van der Waals surface area contributed by atoms with Gasteiger partial charge in [0.15, 0.2) is 6.80 Å². The Balaban J connectivity index is 2.76. The highest BCUT2D eigenvalue weighted by atomic mass is 19.1. The normalized spacial score (nSPS) is 32.9. The van der Waals surface area contributed by atoms with Gasteiger partial charge in [0.05, 0.1) is 6.61 Å². The number of hydrogen-bond acceptors (Lipinski definition) is 10. The van der Waals surface area contributed by atoms with Crippen LogP contribution in [0.2, 0.25) is 0 Å². The van der Waals surface area contributed by atoms with Crippen molar-refractivity contribution in [1.82, 2.24) is 14.6 Å². The lowest BCUT2D eigenvalue weighted by atomic mass is 10.0. The van der Waals surface area contributed by atoms with Crippen molar-refractivity contribution in [3.63, 3.8) is 0 Å². The molecule has 24 heavy (non-hydrogen) atoms. The number of aromatic amines is 1. The maximum absolute atomic E-state index is 12.8. The van der Waals surface area contributed by atoms with E-state index in [4.69, 9.17) is 15.1 Å². The number of aliphatic hydroxyl groups excluding tert-OH is 2. The molecule has 2 rings (SSSR count). The van der Waals surface area contributed by atoms with E-state index in [2.05, 4.69) is 0 Å². The molecule has 0 bridgehead atoms.